The molecule has 0 bridgehead atoms. The van der Waals surface area contributed by atoms with Gasteiger partial charge in [0, 0.05) is 68.6 Å². The third-order valence-corrected chi connectivity index (χ3v) is 18.6. The number of aryl methyl sites for hydroxylation is 6. The quantitative estimate of drug-likeness (QED) is 0.0164. The highest BCUT2D eigenvalue weighted by Gasteiger charge is 2.27. The third kappa shape index (κ3) is 25.5. The van der Waals surface area contributed by atoms with Crippen molar-refractivity contribution in [3.63, 3.8) is 0 Å². The number of aliphatic carboxylic acids is 1. The molecule has 3 aromatic heterocycles. The van der Waals surface area contributed by atoms with E-state index in [-0.39, 0.29) is 33.4 Å². The molecule has 16 nitrogen and oxygen atoms in total. The average molecular weight is 1520 g/mol. The van der Waals surface area contributed by atoms with Crippen LogP contribution in [0.2, 0.25) is 30.1 Å². The van der Waals surface area contributed by atoms with Gasteiger partial charge in [0.05, 0.1) is 49.9 Å². The standard InChI is InChI=1S/C26H27Cl2N3O3.C26H27Cl2N3O2S.C25H25Cl2N3O2S/c1-29-23-11-4-8-19(30-23)7-3-6-17-12-14-18(15-13-17)16-22(26(33)34-2)31-25(32)24-20(27)9-5-10-21(24)28;1-29-23-11-4-8-19(30-23)7-3-6-17-12-14-18(15-13-17)16-22(26(32)33-2)31-25(34)24-20(27)9-5-10-21(24)28;1-28-22-10-3-7-18(29-22)6-2-5-16-11-13-17(14-12-16)15-21(25(31)32)30-24(33)23-19(26)8-4-9-20(23)27/h4-5,8-15,22H,3,6-7,16H2,1-2H3,(H,29,30)(H,31,32);4-5,8-15,22H,3,6-7,16H2,1-2H3,(H,29,30)(H,31,34);3-4,7-14,21H,2,5-6,15H2,1H3,(H,28,29)(H,30,33)(H,31,32)/t2*22-;21-/m000/s1. The molecule has 1 amide bonds. The lowest BCUT2D eigenvalue weighted by Crippen LogP contribution is -2.43. The molecule has 0 aliphatic heterocycles. The van der Waals surface area contributed by atoms with Gasteiger partial charge in [0.2, 0.25) is 0 Å². The maximum absolute atomic E-state index is 12.7. The van der Waals surface area contributed by atoms with Gasteiger partial charge in [-0.15, -0.1) is 0 Å². The minimum absolute atomic E-state index is 0.129. The van der Waals surface area contributed by atoms with Crippen molar-refractivity contribution in [1.82, 2.24) is 30.9 Å². The number of carbonyl (C=O) groups is 4. The van der Waals surface area contributed by atoms with E-state index in [9.17, 15) is 24.3 Å². The number of nitrogens with zero attached hydrogens (tertiary/aromatic N) is 3. The van der Waals surface area contributed by atoms with Crippen LogP contribution in [0.3, 0.4) is 0 Å². The predicted molar refractivity (Wildman–Crippen MR) is 417 cm³/mol. The Kier molecular flexibility index (Phi) is 32.8. The first kappa shape index (κ1) is 79.9. The Morgan fingerprint density at radius 1 is 0.376 bits per heavy atom. The van der Waals surface area contributed by atoms with Gasteiger partial charge in [0.1, 0.15) is 45.6 Å². The molecule has 101 heavy (non-hydrogen) atoms. The summed E-state index contributed by atoms with van der Waals surface area (Å²) in [4.78, 5) is 63.5. The number of aromatic nitrogens is 3. The van der Waals surface area contributed by atoms with Crippen molar-refractivity contribution in [3.8, 4) is 0 Å². The molecule has 0 aliphatic rings. The number of thiocarbonyl (C=S) groups is 2. The zero-order chi connectivity index (χ0) is 72.8. The first-order valence-electron chi connectivity index (χ1n) is 32.5. The number of benzene rings is 6. The lowest BCUT2D eigenvalue weighted by Gasteiger charge is -2.19. The molecule has 6 aromatic carbocycles. The summed E-state index contributed by atoms with van der Waals surface area (Å²) in [5.41, 5.74) is 10.7. The second-order valence-electron chi connectivity index (χ2n) is 23.2. The highest BCUT2D eigenvalue weighted by atomic mass is 35.5. The number of esters is 2. The fraction of sp³-hybridized carbons (Fsp3) is 0.260. The van der Waals surface area contributed by atoms with Gasteiger partial charge < -0.3 is 46.5 Å². The van der Waals surface area contributed by atoms with Gasteiger partial charge in [-0.2, -0.15) is 0 Å². The van der Waals surface area contributed by atoms with Gasteiger partial charge in [0.15, 0.2) is 0 Å². The minimum Gasteiger partial charge on any atom is -0.480 e. The maximum atomic E-state index is 12.7. The van der Waals surface area contributed by atoms with Crippen LogP contribution in [0.1, 0.15) is 91.2 Å². The molecule has 528 valence electrons. The highest BCUT2D eigenvalue weighted by molar-refractivity contribution is 7.81. The first-order valence-corrected chi connectivity index (χ1v) is 35.5. The fourth-order valence-corrected chi connectivity index (χ4v) is 13.3. The summed E-state index contributed by atoms with van der Waals surface area (Å²) >= 11 is 48.0. The summed E-state index contributed by atoms with van der Waals surface area (Å²) in [6.07, 6.45) is 9.38. The van der Waals surface area contributed by atoms with Gasteiger partial charge >= 0.3 is 17.9 Å². The number of nitrogens with one attached hydrogen (secondary N) is 6. The van der Waals surface area contributed by atoms with Crippen molar-refractivity contribution in [1.29, 1.82) is 0 Å². The number of carbonyl (C=O) groups excluding carboxylic acids is 3. The zero-order valence-electron chi connectivity index (χ0n) is 56.4. The minimum atomic E-state index is -0.999. The van der Waals surface area contributed by atoms with Crippen LogP contribution in [0.5, 0.6) is 0 Å². The van der Waals surface area contributed by atoms with Crippen LogP contribution in [0.25, 0.3) is 0 Å². The van der Waals surface area contributed by atoms with Gasteiger partial charge in [-0.25, -0.2) is 29.3 Å². The van der Waals surface area contributed by atoms with Gasteiger partial charge in [-0.3, -0.25) is 4.79 Å². The molecule has 0 radical (unpaired) electrons. The first-order chi connectivity index (χ1) is 48.7. The number of pyridine rings is 3. The number of rotatable bonds is 30. The van der Waals surface area contributed by atoms with E-state index in [4.69, 9.17) is 104 Å². The Labute approximate surface area is 631 Å². The summed E-state index contributed by atoms with van der Waals surface area (Å²) in [5.74, 6) is 0.134. The summed E-state index contributed by atoms with van der Waals surface area (Å²) in [6.45, 7) is 0. The number of amides is 1. The molecule has 3 heterocycles. The Hall–Kier alpha value is -8.43. The van der Waals surface area contributed by atoms with E-state index in [1.54, 1.807) is 54.6 Å². The van der Waals surface area contributed by atoms with E-state index in [0.717, 1.165) is 109 Å². The lowest BCUT2D eigenvalue weighted by atomic mass is 10.0. The Morgan fingerprint density at radius 2 is 0.644 bits per heavy atom. The van der Waals surface area contributed by atoms with Crippen molar-refractivity contribution >= 4 is 145 Å². The molecule has 3 atom stereocenters. The second-order valence-corrected chi connectivity index (χ2v) is 26.4. The fourth-order valence-electron chi connectivity index (χ4n) is 10.6. The van der Waals surface area contributed by atoms with Crippen LogP contribution in [0.15, 0.2) is 182 Å². The third-order valence-electron chi connectivity index (χ3n) is 16.0. The lowest BCUT2D eigenvalue weighted by molar-refractivity contribution is -0.143. The molecule has 9 aromatic rings. The molecule has 24 heteroatoms. The number of halogens is 6. The predicted octanol–water partition coefficient (Wildman–Crippen LogP) is 16.3. The van der Waals surface area contributed by atoms with Gasteiger partial charge in [-0.05, 0) is 164 Å². The normalized spacial score (nSPS) is 11.6. The SMILES string of the molecule is CNc1cccc(CCCc2ccc(C[C@H](NC(=O)c3c(Cl)cccc3Cl)C(=O)OC)cc2)n1.CNc1cccc(CCCc2ccc(C[C@H](NC(=S)c3c(Cl)cccc3Cl)C(=O)O)cc2)n1.CNc1cccc(CCCc2ccc(C[C@H](NC(=S)c3c(Cl)cccc3Cl)C(=O)OC)cc2)n1. The molecular weight excluding hydrogens is 1440 g/mol. The summed E-state index contributed by atoms with van der Waals surface area (Å²) in [7, 11) is 8.22. The number of ether oxygens (including phenoxy) is 2. The van der Waals surface area contributed by atoms with Crippen molar-refractivity contribution in [3.05, 3.63) is 279 Å². The summed E-state index contributed by atoms with van der Waals surface area (Å²) in [5, 5.41) is 29.5. The van der Waals surface area contributed by atoms with E-state index >= 15 is 0 Å². The monoisotopic (exact) mass is 1520 g/mol. The van der Waals surface area contributed by atoms with Crippen LogP contribution in [-0.2, 0) is 81.6 Å². The van der Waals surface area contributed by atoms with E-state index in [0.29, 0.717) is 42.6 Å². The van der Waals surface area contributed by atoms with Crippen molar-refractivity contribution < 1.29 is 33.8 Å². The smallest absolute Gasteiger partial charge is 0.328 e. The number of anilines is 3. The van der Waals surface area contributed by atoms with Gasteiger partial charge in [-0.1, -0.05) is 203 Å². The molecule has 0 spiro atoms. The molecular formula is C77H79Cl6N9O7S2. The Balaban J connectivity index is 0.000000213. The number of carboxylic acid groups (broad SMARTS) is 1. The molecule has 0 aliphatic carbocycles. The Bertz CT molecular complexity index is 4010. The largest absolute Gasteiger partial charge is 0.480 e. The van der Waals surface area contributed by atoms with Crippen LogP contribution >= 0.6 is 94.0 Å². The average Bonchev–Trinajstić information content (AvgIpc) is 0.864. The van der Waals surface area contributed by atoms with E-state index in [2.05, 4.69) is 59.0 Å². The van der Waals surface area contributed by atoms with Crippen LogP contribution in [0.4, 0.5) is 17.5 Å². The topological polar surface area (TPSA) is 218 Å². The summed E-state index contributed by atoms with van der Waals surface area (Å²) < 4.78 is 9.87. The Morgan fingerprint density at radius 3 is 0.941 bits per heavy atom. The van der Waals surface area contributed by atoms with Gasteiger partial charge in [0.25, 0.3) is 5.91 Å². The molecule has 0 fully saturated rings. The van der Waals surface area contributed by atoms with Crippen molar-refractivity contribution in [2.45, 2.75) is 95.2 Å². The second kappa shape index (κ2) is 41.5. The number of hydrogen-bond acceptors (Lipinski definition) is 14. The van der Waals surface area contributed by atoms with E-state index < -0.39 is 41.9 Å². The van der Waals surface area contributed by atoms with Crippen molar-refractivity contribution in [2.24, 2.45) is 0 Å². The number of methoxy groups -OCH3 is 2. The van der Waals surface area contributed by atoms with Crippen LogP contribution in [-0.4, -0.2) is 107 Å². The zero-order valence-corrected chi connectivity index (χ0v) is 62.5. The van der Waals surface area contributed by atoms with Crippen LogP contribution in [0, 0.1) is 0 Å². The maximum Gasteiger partial charge on any atom is 0.328 e. The molecule has 7 N–H and O–H groups in total. The number of hydrogen-bond donors (Lipinski definition) is 7. The van der Waals surface area contributed by atoms with E-state index in [1.165, 1.54) is 30.9 Å². The van der Waals surface area contributed by atoms with Crippen LogP contribution < -0.4 is 31.9 Å². The summed E-state index contributed by atoms with van der Waals surface area (Å²) in [6, 6.07) is 54.7. The molecule has 0 saturated heterocycles. The molecule has 0 unspecified atom stereocenters. The highest BCUT2D eigenvalue weighted by Crippen LogP contribution is 2.28. The number of carboxylic acids is 1. The van der Waals surface area contributed by atoms with E-state index in [1.807, 2.05) is 136 Å². The molecule has 0 saturated carbocycles. The molecule has 9 rings (SSSR count). The van der Waals surface area contributed by atoms with Crippen molar-refractivity contribution in [2.75, 3.05) is 51.3 Å².